The van der Waals surface area contributed by atoms with Gasteiger partial charge >= 0.3 is 0 Å². The molecule has 1 atom stereocenters. The summed E-state index contributed by atoms with van der Waals surface area (Å²) in [6.45, 7) is 9.02. The summed E-state index contributed by atoms with van der Waals surface area (Å²) in [4.78, 5) is 17.6. The Balaban J connectivity index is 1.56. The minimum absolute atomic E-state index is 0.219. The summed E-state index contributed by atoms with van der Waals surface area (Å²) in [6, 6.07) is 12.7. The van der Waals surface area contributed by atoms with Crippen LogP contribution in [0.4, 0.5) is 0 Å². The lowest BCUT2D eigenvalue weighted by atomic mass is 9.96. The van der Waals surface area contributed by atoms with Crippen molar-refractivity contribution in [3.05, 3.63) is 59.4 Å². The van der Waals surface area contributed by atoms with E-state index >= 15 is 0 Å². The van der Waals surface area contributed by atoms with Crippen LogP contribution in [-0.2, 0) is 5.41 Å². The zero-order valence-electron chi connectivity index (χ0n) is 17.6. The van der Waals surface area contributed by atoms with E-state index in [1.165, 1.54) is 0 Å². The number of hydrogen-bond donors (Lipinski definition) is 1. The standard InChI is InChI=1S/C23H25N3O4/c1-14(15-9-10-18-19(13-15)29-12-11-28-18)24-20(27)16-7-5-6-8-17(16)21-25-22(26-30-21)23(2,3)4/h5-10,13-14H,11-12H2,1-4H3,(H,24,27). The monoisotopic (exact) mass is 407 g/mol. The van der Waals surface area contributed by atoms with Gasteiger partial charge in [0.1, 0.15) is 13.2 Å². The van der Waals surface area contributed by atoms with E-state index in [0.717, 1.165) is 11.3 Å². The molecule has 0 fully saturated rings. The van der Waals surface area contributed by atoms with Crippen LogP contribution in [0.2, 0.25) is 0 Å². The zero-order valence-corrected chi connectivity index (χ0v) is 17.6. The number of fused-ring (bicyclic) bond motifs is 1. The first-order valence-electron chi connectivity index (χ1n) is 9.97. The maximum atomic E-state index is 13.1. The highest BCUT2D eigenvalue weighted by atomic mass is 16.6. The van der Waals surface area contributed by atoms with Crippen LogP contribution in [-0.4, -0.2) is 29.3 Å². The summed E-state index contributed by atoms with van der Waals surface area (Å²) in [6.07, 6.45) is 0. The molecule has 156 valence electrons. The summed E-state index contributed by atoms with van der Waals surface area (Å²) in [5.74, 6) is 2.12. The Morgan fingerprint density at radius 3 is 2.53 bits per heavy atom. The Hall–Kier alpha value is -3.35. The summed E-state index contributed by atoms with van der Waals surface area (Å²) in [7, 11) is 0. The zero-order chi connectivity index (χ0) is 21.3. The Labute approximate surface area is 175 Å². The third-order valence-electron chi connectivity index (χ3n) is 4.91. The molecule has 0 saturated carbocycles. The average Bonchev–Trinajstić information content (AvgIpc) is 3.24. The van der Waals surface area contributed by atoms with Gasteiger partial charge in [0, 0.05) is 5.41 Å². The van der Waals surface area contributed by atoms with E-state index in [2.05, 4.69) is 15.5 Å². The lowest BCUT2D eigenvalue weighted by molar-refractivity contribution is 0.0940. The molecule has 2 aromatic carbocycles. The van der Waals surface area contributed by atoms with Crippen LogP contribution < -0.4 is 14.8 Å². The van der Waals surface area contributed by atoms with Gasteiger partial charge in [0.05, 0.1) is 17.2 Å². The van der Waals surface area contributed by atoms with Crippen molar-refractivity contribution in [3.8, 4) is 23.0 Å². The van der Waals surface area contributed by atoms with Crippen molar-refractivity contribution < 1.29 is 18.8 Å². The van der Waals surface area contributed by atoms with Gasteiger partial charge in [-0.1, -0.05) is 44.1 Å². The molecule has 0 spiro atoms. The number of rotatable bonds is 4. The van der Waals surface area contributed by atoms with Gasteiger partial charge in [0.15, 0.2) is 17.3 Å². The van der Waals surface area contributed by atoms with Crippen molar-refractivity contribution in [2.45, 2.75) is 39.2 Å². The molecule has 1 aliphatic rings. The van der Waals surface area contributed by atoms with Gasteiger partial charge in [-0.3, -0.25) is 4.79 Å². The normalized spacial score (nSPS) is 14.3. The molecule has 30 heavy (non-hydrogen) atoms. The molecule has 1 unspecified atom stereocenters. The largest absolute Gasteiger partial charge is 0.486 e. The summed E-state index contributed by atoms with van der Waals surface area (Å²) < 4.78 is 16.7. The second kappa shape index (κ2) is 7.82. The molecule has 1 amide bonds. The van der Waals surface area contributed by atoms with Gasteiger partial charge in [0.25, 0.3) is 11.8 Å². The fourth-order valence-corrected chi connectivity index (χ4v) is 3.19. The van der Waals surface area contributed by atoms with Crippen LogP contribution in [0.3, 0.4) is 0 Å². The molecular weight excluding hydrogens is 382 g/mol. The minimum atomic E-state index is -0.244. The van der Waals surface area contributed by atoms with Crippen molar-refractivity contribution in [2.24, 2.45) is 0 Å². The molecule has 0 saturated heterocycles. The third kappa shape index (κ3) is 4.01. The van der Waals surface area contributed by atoms with Crippen LogP contribution in [0.15, 0.2) is 47.0 Å². The van der Waals surface area contributed by atoms with Crippen molar-refractivity contribution in [3.63, 3.8) is 0 Å². The van der Waals surface area contributed by atoms with Gasteiger partial charge in [-0.2, -0.15) is 4.98 Å². The highest BCUT2D eigenvalue weighted by Gasteiger charge is 2.24. The van der Waals surface area contributed by atoms with Crippen LogP contribution >= 0.6 is 0 Å². The van der Waals surface area contributed by atoms with Gasteiger partial charge in [-0.05, 0) is 36.8 Å². The van der Waals surface area contributed by atoms with E-state index in [0.29, 0.717) is 41.8 Å². The lowest BCUT2D eigenvalue weighted by Gasteiger charge is -2.21. The molecule has 7 nitrogen and oxygen atoms in total. The third-order valence-corrected chi connectivity index (χ3v) is 4.91. The fourth-order valence-electron chi connectivity index (χ4n) is 3.19. The minimum Gasteiger partial charge on any atom is -0.486 e. The van der Waals surface area contributed by atoms with E-state index in [-0.39, 0.29) is 17.4 Å². The van der Waals surface area contributed by atoms with Crippen molar-refractivity contribution >= 4 is 5.91 Å². The molecule has 1 N–H and O–H groups in total. The molecule has 3 aromatic rings. The molecule has 1 aliphatic heterocycles. The second-order valence-electron chi connectivity index (χ2n) is 8.32. The maximum absolute atomic E-state index is 13.1. The van der Waals surface area contributed by atoms with Gasteiger partial charge < -0.3 is 19.3 Å². The summed E-state index contributed by atoms with van der Waals surface area (Å²) >= 11 is 0. The van der Waals surface area contributed by atoms with Crippen LogP contribution in [0.5, 0.6) is 11.5 Å². The number of carbonyl (C=O) groups excluding carboxylic acids is 1. The first kappa shape index (κ1) is 19.9. The molecule has 0 aliphatic carbocycles. The summed E-state index contributed by atoms with van der Waals surface area (Å²) in [5, 5.41) is 7.11. The predicted octanol–water partition coefficient (Wildman–Crippen LogP) is 4.30. The van der Waals surface area contributed by atoms with Crippen molar-refractivity contribution in [1.29, 1.82) is 0 Å². The maximum Gasteiger partial charge on any atom is 0.258 e. The molecule has 4 rings (SSSR count). The smallest absolute Gasteiger partial charge is 0.258 e. The number of aromatic nitrogens is 2. The van der Waals surface area contributed by atoms with E-state index in [1.54, 1.807) is 6.07 Å². The quantitative estimate of drug-likeness (QED) is 0.694. The van der Waals surface area contributed by atoms with E-state index < -0.39 is 0 Å². The average molecular weight is 407 g/mol. The first-order valence-corrected chi connectivity index (χ1v) is 9.97. The number of amides is 1. The van der Waals surface area contributed by atoms with Gasteiger partial charge in [0.2, 0.25) is 0 Å². The molecule has 7 heteroatoms. The number of carbonyl (C=O) groups is 1. The summed E-state index contributed by atoms with van der Waals surface area (Å²) in [5.41, 5.74) is 1.77. The van der Waals surface area contributed by atoms with E-state index in [4.69, 9.17) is 14.0 Å². The van der Waals surface area contributed by atoms with Crippen LogP contribution in [0, 0.1) is 0 Å². The molecule has 0 radical (unpaired) electrons. The van der Waals surface area contributed by atoms with Crippen molar-refractivity contribution in [2.75, 3.05) is 13.2 Å². The SMILES string of the molecule is CC(NC(=O)c1ccccc1-c1nc(C(C)(C)C)no1)c1ccc2c(c1)OCCO2. The molecule has 1 aromatic heterocycles. The number of nitrogens with one attached hydrogen (secondary N) is 1. The Morgan fingerprint density at radius 2 is 1.80 bits per heavy atom. The topological polar surface area (TPSA) is 86.5 Å². The van der Waals surface area contributed by atoms with Gasteiger partial charge in [-0.25, -0.2) is 0 Å². The molecule has 0 bridgehead atoms. The Morgan fingerprint density at radius 1 is 1.07 bits per heavy atom. The van der Waals surface area contributed by atoms with Crippen LogP contribution in [0.25, 0.3) is 11.5 Å². The first-order chi connectivity index (χ1) is 14.3. The van der Waals surface area contributed by atoms with Crippen molar-refractivity contribution in [1.82, 2.24) is 15.5 Å². The Bertz CT molecular complexity index is 1070. The second-order valence-corrected chi connectivity index (χ2v) is 8.32. The molecule has 2 heterocycles. The van der Waals surface area contributed by atoms with Crippen LogP contribution in [0.1, 0.15) is 55.5 Å². The molecular formula is C23H25N3O4. The number of hydrogen-bond acceptors (Lipinski definition) is 6. The van der Waals surface area contributed by atoms with E-state index in [1.807, 2.05) is 64.1 Å². The number of benzene rings is 2. The highest BCUT2D eigenvalue weighted by molar-refractivity contribution is 6.00. The number of ether oxygens (including phenoxy) is 2. The lowest BCUT2D eigenvalue weighted by Crippen LogP contribution is -2.27. The van der Waals surface area contributed by atoms with E-state index in [9.17, 15) is 4.79 Å². The highest BCUT2D eigenvalue weighted by Crippen LogP contribution is 2.33. The predicted molar refractivity (Wildman–Crippen MR) is 112 cm³/mol. The fraction of sp³-hybridized carbons (Fsp3) is 0.348. The number of nitrogens with zero attached hydrogens (tertiary/aromatic N) is 2. The Kier molecular flexibility index (Phi) is 5.20. The van der Waals surface area contributed by atoms with Gasteiger partial charge in [-0.15, -0.1) is 0 Å².